The van der Waals surface area contributed by atoms with Crippen LogP contribution in [0.25, 0.3) is 22.6 Å². The topological polar surface area (TPSA) is 141 Å². The molecule has 5 aromatic rings. The molecule has 1 aliphatic rings. The number of anilines is 1. The lowest BCUT2D eigenvalue weighted by molar-refractivity contribution is 0.0935. The van der Waals surface area contributed by atoms with Crippen molar-refractivity contribution in [1.29, 1.82) is 0 Å². The third kappa shape index (κ3) is 8.20. The minimum atomic E-state index is -0.376. The second kappa shape index (κ2) is 17.5. The van der Waals surface area contributed by atoms with Crippen LogP contribution < -0.4 is 48.5 Å². The first-order valence-electron chi connectivity index (χ1n) is 17.5. The van der Waals surface area contributed by atoms with E-state index >= 15 is 0 Å². The van der Waals surface area contributed by atoms with E-state index in [4.69, 9.17) is 42.4 Å². The number of methoxy groups -OCH3 is 6. The monoisotopic (exact) mass is 739 g/mol. The molecule has 1 amide bonds. The average molecular weight is 740 g/mol. The summed E-state index contributed by atoms with van der Waals surface area (Å²) in [5.74, 6) is 4.68. The molecule has 54 heavy (non-hydrogen) atoms. The van der Waals surface area contributed by atoms with Gasteiger partial charge in [0.1, 0.15) is 11.9 Å². The fourth-order valence-electron chi connectivity index (χ4n) is 6.21. The molecule has 0 spiro atoms. The van der Waals surface area contributed by atoms with Crippen molar-refractivity contribution < 1.29 is 47.2 Å². The van der Waals surface area contributed by atoms with E-state index in [2.05, 4.69) is 15.8 Å². The zero-order valence-electron chi connectivity index (χ0n) is 31.3. The molecule has 4 aromatic carbocycles. The van der Waals surface area contributed by atoms with Crippen LogP contribution in [0.15, 0.2) is 77.3 Å². The maximum atomic E-state index is 12.6. The van der Waals surface area contributed by atoms with Gasteiger partial charge in [-0.2, -0.15) is 0 Å². The van der Waals surface area contributed by atoms with E-state index in [0.29, 0.717) is 81.8 Å². The number of nitrogens with one attached hydrogen (secondary N) is 2. The third-order valence-corrected chi connectivity index (χ3v) is 9.03. The predicted octanol–water partition coefficient (Wildman–Crippen LogP) is 7.93. The number of amides is 1. The first-order chi connectivity index (χ1) is 26.4. The van der Waals surface area contributed by atoms with Crippen LogP contribution in [0.5, 0.6) is 46.0 Å². The largest absolute Gasteiger partial charge is 0.493 e. The molecule has 0 radical (unpaired) electrons. The van der Waals surface area contributed by atoms with Crippen molar-refractivity contribution in [2.24, 2.45) is 0 Å². The molecule has 284 valence electrons. The summed E-state index contributed by atoms with van der Waals surface area (Å²) in [6.07, 6.45) is 3.21. The molecule has 1 atom stereocenters. The highest BCUT2D eigenvalue weighted by molar-refractivity contribution is 6.01. The third-order valence-electron chi connectivity index (χ3n) is 9.03. The Balaban J connectivity index is 0.993. The molecule has 0 aliphatic carbocycles. The van der Waals surface area contributed by atoms with Crippen molar-refractivity contribution in [3.8, 4) is 68.6 Å². The minimum Gasteiger partial charge on any atom is -0.493 e. The summed E-state index contributed by atoms with van der Waals surface area (Å²) in [7, 11) is 9.45. The number of unbranched alkanes of at least 4 members (excludes halogenated alkanes) is 3. The van der Waals surface area contributed by atoms with Crippen molar-refractivity contribution in [1.82, 2.24) is 10.5 Å². The molecule has 0 saturated heterocycles. The zero-order valence-corrected chi connectivity index (χ0v) is 31.3. The quantitative estimate of drug-likeness (QED) is 0.0843. The number of rotatable bonds is 18. The molecule has 13 nitrogen and oxygen atoms in total. The van der Waals surface area contributed by atoms with Crippen LogP contribution in [0.3, 0.4) is 0 Å². The van der Waals surface area contributed by atoms with Crippen molar-refractivity contribution in [2.45, 2.75) is 31.8 Å². The highest BCUT2D eigenvalue weighted by atomic mass is 16.5. The molecule has 0 fully saturated rings. The number of carbonyl (C=O) groups excluding carboxylic acids is 1. The van der Waals surface area contributed by atoms with E-state index in [-0.39, 0.29) is 12.1 Å². The van der Waals surface area contributed by atoms with Crippen molar-refractivity contribution in [3.05, 3.63) is 83.9 Å². The van der Waals surface area contributed by atoms with Gasteiger partial charge in [-0.25, -0.2) is 0 Å². The van der Waals surface area contributed by atoms with Gasteiger partial charge in [-0.05, 0) is 79.8 Å². The molecule has 1 aliphatic heterocycles. The SMILES string of the molecule is COc1cc(C2NC(=O)c3ccccc3N2)ccc1OCCCCCCOc1c(OC)cc(-c2cc(-c3cc(OC)c(OC)c(OC)c3)no2)cc1OC. The van der Waals surface area contributed by atoms with Crippen LogP contribution in [0.4, 0.5) is 5.69 Å². The number of para-hydroxylation sites is 1. The Labute approximate surface area is 314 Å². The summed E-state index contributed by atoms with van der Waals surface area (Å²) in [5, 5.41) is 10.6. The molecule has 6 rings (SSSR count). The molecule has 0 saturated carbocycles. The first-order valence-corrected chi connectivity index (χ1v) is 17.5. The molecule has 1 unspecified atom stereocenters. The summed E-state index contributed by atoms with van der Waals surface area (Å²) in [5.41, 5.74) is 4.30. The molecule has 2 heterocycles. The molecule has 2 N–H and O–H groups in total. The Morgan fingerprint density at radius 2 is 1.20 bits per heavy atom. The normalized spacial score (nSPS) is 13.2. The smallest absolute Gasteiger partial charge is 0.255 e. The van der Waals surface area contributed by atoms with Crippen LogP contribution in [0.1, 0.15) is 47.8 Å². The molecule has 13 heteroatoms. The van der Waals surface area contributed by atoms with Gasteiger partial charge < -0.3 is 53.1 Å². The van der Waals surface area contributed by atoms with Crippen molar-refractivity contribution >= 4 is 11.6 Å². The van der Waals surface area contributed by atoms with E-state index in [1.54, 1.807) is 48.7 Å². The fraction of sp³-hybridized carbons (Fsp3) is 0.317. The highest BCUT2D eigenvalue weighted by Crippen LogP contribution is 2.44. The Kier molecular flexibility index (Phi) is 12.2. The summed E-state index contributed by atoms with van der Waals surface area (Å²) in [4.78, 5) is 12.6. The van der Waals surface area contributed by atoms with E-state index in [9.17, 15) is 4.79 Å². The number of hydrogen-bond acceptors (Lipinski definition) is 12. The molecular formula is C41H45N3O10. The van der Waals surface area contributed by atoms with Crippen molar-refractivity contribution in [2.75, 3.05) is 61.2 Å². The van der Waals surface area contributed by atoms with Gasteiger partial charge in [0.2, 0.25) is 11.5 Å². The highest BCUT2D eigenvalue weighted by Gasteiger charge is 2.25. The molecule has 1 aromatic heterocycles. The standard InChI is InChI=1S/C41H45N3O10/c1-46-33-19-25(40-42-29-14-10-9-13-28(29)41(45)43-40)15-16-31(33)52-17-11-7-8-12-18-53-39-36(49-4)22-27(23-37(39)50-5)32-24-30(44-54-32)26-20-34(47-2)38(51-6)35(21-26)48-3/h9-10,13-16,19-24,40,42H,7-8,11-12,17-18H2,1-6H3,(H,43,45). The van der Waals surface area contributed by atoms with Gasteiger partial charge in [-0.1, -0.05) is 23.4 Å². The second-order valence-electron chi connectivity index (χ2n) is 12.3. The lowest BCUT2D eigenvalue weighted by Gasteiger charge is -2.28. The average Bonchev–Trinajstić information content (AvgIpc) is 3.71. The Morgan fingerprint density at radius 3 is 1.85 bits per heavy atom. The number of ether oxygens (including phenoxy) is 8. The van der Waals surface area contributed by atoms with E-state index in [1.165, 1.54) is 0 Å². The van der Waals surface area contributed by atoms with E-state index in [0.717, 1.165) is 42.5 Å². The van der Waals surface area contributed by atoms with Crippen LogP contribution >= 0.6 is 0 Å². The summed E-state index contributed by atoms with van der Waals surface area (Å²) in [6, 6.07) is 22.2. The molecular weight excluding hydrogens is 694 g/mol. The Hall–Kier alpha value is -6.24. The van der Waals surface area contributed by atoms with Gasteiger partial charge in [0.25, 0.3) is 5.91 Å². The lowest BCUT2D eigenvalue weighted by atomic mass is 10.1. The minimum absolute atomic E-state index is 0.123. The van der Waals surface area contributed by atoms with Crippen LogP contribution in [0.2, 0.25) is 0 Å². The van der Waals surface area contributed by atoms with Crippen LogP contribution in [-0.4, -0.2) is 66.9 Å². The summed E-state index contributed by atoms with van der Waals surface area (Å²) >= 11 is 0. The maximum absolute atomic E-state index is 12.6. The van der Waals surface area contributed by atoms with Crippen molar-refractivity contribution in [3.63, 3.8) is 0 Å². The number of fused-ring (bicyclic) bond motifs is 1. The Morgan fingerprint density at radius 1 is 0.593 bits per heavy atom. The number of nitrogens with zero attached hydrogens (tertiary/aromatic N) is 1. The van der Waals surface area contributed by atoms with Gasteiger partial charge in [-0.3, -0.25) is 4.79 Å². The first kappa shape index (κ1) is 37.5. The zero-order chi connectivity index (χ0) is 38.0. The van der Waals surface area contributed by atoms with Crippen LogP contribution in [0, 0.1) is 0 Å². The molecule has 0 bridgehead atoms. The number of aromatic nitrogens is 1. The van der Waals surface area contributed by atoms with Gasteiger partial charge in [-0.15, -0.1) is 0 Å². The van der Waals surface area contributed by atoms with Crippen LogP contribution in [-0.2, 0) is 0 Å². The number of carbonyl (C=O) groups is 1. The van der Waals surface area contributed by atoms with E-state index < -0.39 is 0 Å². The summed E-state index contributed by atoms with van der Waals surface area (Å²) < 4.78 is 51.4. The van der Waals surface area contributed by atoms with Gasteiger partial charge in [0.05, 0.1) is 61.4 Å². The maximum Gasteiger partial charge on any atom is 0.255 e. The second-order valence-corrected chi connectivity index (χ2v) is 12.3. The summed E-state index contributed by atoms with van der Waals surface area (Å²) in [6.45, 7) is 1.01. The number of hydrogen-bond donors (Lipinski definition) is 2. The lowest BCUT2D eigenvalue weighted by Crippen LogP contribution is -2.38. The Bertz CT molecular complexity index is 2010. The van der Waals surface area contributed by atoms with E-state index in [1.807, 2.05) is 66.7 Å². The fourth-order valence-corrected chi connectivity index (χ4v) is 6.21. The van der Waals surface area contributed by atoms with Gasteiger partial charge >= 0.3 is 0 Å². The van der Waals surface area contributed by atoms with Gasteiger partial charge in [0, 0.05) is 22.9 Å². The predicted molar refractivity (Wildman–Crippen MR) is 203 cm³/mol. The number of benzene rings is 4. The van der Waals surface area contributed by atoms with Gasteiger partial charge in [0.15, 0.2) is 40.3 Å².